The first-order valence-corrected chi connectivity index (χ1v) is 8.13. The second-order valence-electron chi connectivity index (χ2n) is 5.36. The van der Waals surface area contributed by atoms with Gasteiger partial charge in [-0.1, -0.05) is 17.7 Å². The van der Waals surface area contributed by atoms with E-state index in [0.717, 1.165) is 0 Å². The number of hydrogen-bond acceptors (Lipinski definition) is 3. The Hall–Kier alpha value is -3.38. The summed E-state index contributed by atoms with van der Waals surface area (Å²) in [5.41, 5.74) is 2.11. The van der Waals surface area contributed by atoms with Gasteiger partial charge in [-0.3, -0.25) is 9.78 Å². The Labute approximate surface area is 155 Å². The maximum Gasteiger partial charge on any atom is 0.323 e. The predicted molar refractivity (Wildman–Crippen MR) is 103 cm³/mol. The normalized spacial score (nSPS) is 10.0. The van der Waals surface area contributed by atoms with Crippen molar-refractivity contribution in [2.45, 2.75) is 0 Å². The Balaban J connectivity index is 1.64. The second-order valence-corrected chi connectivity index (χ2v) is 5.80. The van der Waals surface area contributed by atoms with Crippen LogP contribution in [0.5, 0.6) is 0 Å². The number of rotatable bonds is 4. The second kappa shape index (κ2) is 8.13. The third-order valence-corrected chi connectivity index (χ3v) is 3.66. The number of pyridine rings is 1. The molecular formula is C19H15ClN4O2. The summed E-state index contributed by atoms with van der Waals surface area (Å²) in [6.45, 7) is 0. The summed E-state index contributed by atoms with van der Waals surface area (Å²) in [5.74, 6) is -0.292. The van der Waals surface area contributed by atoms with E-state index >= 15 is 0 Å². The first-order valence-electron chi connectivity index (χ1n) is 7.75. The summed E-state index contributed by atoms with van der Waals surface area (Å²) in [6, 6.07) is 16.4. The fourth-order valence-corrected chi connectivity index (χ4v) is 2.33. The first kappa shape index (κ1) is 17.4. The highest BCUT2D eigenvalue weighted by Gasteiger charge is 2.08. The summed E-state index contributed by atoms with van der Waals surface area (Å²) in [7, 11) is 0. The smallest absolute Gasteiger partial charge is 0.321 e. The van der Waals surface area contributed by atoms with Gasteiger partial charge in [0.1, 0.15) is 0 Å². The molecule has 1 aromatic heterocycles. The molecule has 2 aromatic carbocycles. The van der Waals surface area contributed by atoms with Crippen LogP contribution in [0, 0.1) is 0 Å². The van der Waals surface area contributed by atoms with E-state index in [0.29, 0.717) is 27.6 Å². The Bertz CT molecular complexity index is 914. The summed E-state index contributed by atoms with van der Waals surface area (Å²) in [5, 5.41) is 8.71. The molecule has 3 rings (SSSR count). The van der Waals surface area contributed by atoms with Crippen LogP contribution in [-0.2, 0) is 0 Å². The average Bonchev–Trinajstić information content (AvgIpc) is 2.64. The molecule has 0 aliphatic heterocycles. The number of nitrogens with zero attached hydrogens (tertiary/aromatic N) is 1. The quantitative estimate of drug-likeness (QED) is 0.629. The van der Waals surface area contributed by atoms with E-state index in [1.54, 1.807) is 73.1 Å². The number of halogens is 1. The lowest BCUT2D eigenvalue weighted by atomic mass is 10.2. The molecule has 0 spiro atoms. The van der Waals surface area contributed by atoms with Crippen molar-refractivity contribution in [3.8, 4) is 0 Å². The van der Waals surface area contributed by atoms with Crippen molar-refractivity contribution in [1.82, 2.24) is 4.98 Å². The molecular weight excluding hydrogens is 352 g/mol. The van der Waals surface area contributed by atoms with E-state index in [9.17, 15) is 9.59 Å². The molecule has 0 aliphatic carbocycles. The van der Waals surface area contributed by atoms with E-state index in [1.165, 1.54) is 0 Å². The van der Waals surface area contributed by atoms with Crippen molar-refractivity contribution in [3.63, 3.8) is 0 Å². The minimum Gasteiger partial charge on any atom is -0.321 e. The van der Waals surface area contributed by atoms with Gasteiger partial charge in [0, 0.05) is 28.2 Å². The molecule has 3 amide bonds. The van der Waals surface area contributed by atoms with E-state index in [1.807, 2.05) is 0 Å². The van der Waals surface area contributed by atoms with Crippen molar-refractivity contribution in [1.29, 1.82) is 0 Å². The van der Waals surface area contributed by atoms with Crippen LogP contribution in [0.3, 0.4) is 0 Å². The molecule has 0 unspecified atom stereocenters. The predicted octanol–water partition coefficient (Wildman–Crippen LogP) is 4.63. The zero-order chi connectivity index (χ0) is 18.4. The van der Waals surface area contributed by atoms with E-state index in [2.05, 4.69) is 20.9 Å². The number of anilines is 3. The van der Waals surface area contributed by atoms with Crippen molar-refractivity contribution in [3.05, 3.63) is 83.6 Å². The molecule has 0 saturated heterocycles. The van der Waals surface area contributed by atoms with Crippen molar-refractivity contribution in [2.24, 2.45) is 0 Å². The number of benzene rings is 2. The number of carbonyl (C=O) groups excluding carboxylic acids is 2. The molecule has 6 nitrogen and oxygen atoms in total. The highest BCUT2D eigenvalue weighted by atomic mass is 35.5. The summed E-state index contributed by atoms with van der Waals surface area (Å²) in [6.07, 6.45) is 3.18. The third-order valence-electron chi connectivity index (χ3n) is 3.40. The molecule has 0 atom stereocenters. The van der Waals surface area contributed by atoms with Crippen LogP contribution in [0.15, 0.2) is 73.1 Å². The summed E-state index contributed by atoms with van der Waals surface area (Å²) >= 11 is 5.81. The van der Waals surface area contributed by atoms with Gasteiger partial charge in [-0.15, -0.1) is 0 Å². The molecule has 0 fully saturated rings. The van der Waals surface area contributed by atoms with Crippen molar-refractivity contribution >= 4 is 40.6 Å². The van der Waals surface area contributed by atoms with Gasteiger partial charge < -0.3 is 16.0 Å². The molecule has 0 aliphatic rings. The Kier molecular flexibility index (Phi) is 5.46. The van der Waals surface area contributed by atoms with Crippen LogP contribution in [0.4, 0.5) is 21.9 Å². The number of amides is 3. The van der Waals surface area contributed by atoms with Gasteiger partial charge in [0.05, 0.1) is 11.9 Å². The number of nitrogens with one attached hydrogen (secondary N) is 3. The van der Waals surface area contributed by atoms with Crippen LogP contribution in [0.2, 0.25) is 5.02 Å². The lowest BCUT2D eigenvalue weighted by Gasteiger charge is -2.09. The fourth-order valence-electron chi connectivity index (χ4n) is 2.20. The number of aromatic nitrogens is 1. The lowest BCUT2D eigenvalue weighted by molar-refractivity contribution is 0.102. The van der Waals surface area contributed by atoms with Crippen LogP contribution in [0.1, 0.15) is 10.4 Å². The lowest BCUT2D eigenvalue weighted by Crippen LogP contribution is -2.20. The monoisotopic (exact) mass is 366 g/mol. The highest BCUT2D eigenvalue weighted by molar-refractivity contribution is 6.30. The zero-order valence-electron chi connectivity index (χ0n) is 13.6. The van der Waals surface area contributed by atoms with E-state index < -0.39 is 6.03 Å². The molecule has 0 radical (unpaired) electrons. The fraction of sp³-hybridized carbons (Fsp3) is 0. The maximum atomic E-state index is 12.3. The topological polar surface area (TPSA) is 83.1 Å². The number of hydrogen-bond donors (Lipinski definition) is 3. The number of carbonyl (C=O) groups is 2. The minimum atomic E-state index is -0.419. The SMILES string of the molecule is O=C(Nc1ccc(Cl)cc1)Nc1cccc(C(=O)Nc2cccnc2)c1. The summed E-state index contributed by atoms with van der Waals surface area (Å²) < 4.78 is 0. The van der Waals surface area contributed by atoms with Gasteiger partial charge in [0.15, 0.2) is 0 Å². The maximum absolute atomic E-state index is 12.3. The van der Waals surface area contributed by atoms with Gasteiger partial charge in [-0.25, -0.2) is 4.79 Å². The first-order chi connectivity index (χ1) is 12.6. The van der Waals surface area contributed by atoms with Gasteiger partial charge in [-0.05, 0) is 54.6 Å². The van der Waals surface area contributed by atoms with E-state index in [4.69, 9.17) is 11.6 Å². The van der Waals surface area contributed by atoms with Crippen LogP contribution in [0.25, 0.3) is 0 Å². The van der Waals surface area contributed by atoms with Gasteiger partial charge in [0.2, 0.25) is 0 Å². The molecule has 26 heavy (non-hydrogen) atoms. The molecule has 7 heteroatoms. The molecule has 3 N–H and O–H groups in total. The van der Waals surface area contributed by atoms with Crippen LogP contribution in [-0.4, -0.2) is 16.9 Å². The third kappa shape index (κ3) is 4.81. The van der Waals surface area contributed by atoms with E-state index in [-0.39, 0.29) is 5.91 Å². The average molecular weight is 367 g/mol. The van der Waals surface area contributed by atoms with Crippen molar-refractivity contribution in [2.75, 3.05) is 16.0 Å². The highest BCUT2D eigenvalue weighted by Crippen LogP contribution is 2.16. The van der Waals surface area contributed by atoms with Gasteiger partial charge >= 0.3 is 6.03 Å². The summed E-state index contributed by atoms with van der Waals surface area (Å²) in [4.78, 5) is 28.3. The standard InChI is InChI=1S/C19H15ClN4O2/c20-14-6-8-15(9-7-14)23-19(26)24-16-4-1-3-13(11-16)18(25)22-17-5-2-10-21-12-17/h1-12H,(H,22,25)(H2,23,24,26). The van der Waals surface area contributed by atoms with Crippen molar-refractivity contribution < 1.29 is 9.59 Å². The minimum absolute atomic E-state index is 0.292. The Morgan fingerprint density at radius 1 is 0.808 bits per heavy atom. The Morgan fingerprint density at radius 3 is 2.27 bits per heavy atom. The molecule has 0 saturated carbocycles. The molecule has 1 heterocycles. The molecule has 130 valence electrons. The molecule has 0 bridgehead atoms. The van der Waals surface area contributed by atoms with Gasteiger partial charge in [-0.2, -0.15) is 0 Å². The van der Waals surface area contributed by atoms with Gasteiger partial charge in [0.25, 0.3) is 5.91 Å². The van der Waals surface area contributed by atoms with Crippen LogP contribution < -0.4 is 16.0 Å². The molecule has 3 aromatic rings. The van der Waals surface area contributed by atoms with Crippen LogP contribution >= 0.6 is 11.6 Å². The Morgan fingerprint density at radius 2 is 1.54 bits per heavy atom. The number of urea groups is 1. The largest absolute Gasteiger partial charge is 0.323 e. The zero-order valence-corrected chi connectivity index (χ0v) is 14.3.